The third kappa shape index (κ3) is 5.21. The molecular formula is C18H27ClN2O3. The zero-order valence-corrected chi connectivity index (χ0v) is 15.4. The van der Waals surface area contributed by atoms with Crippen molar-refractivity contribution in [3.8, 4) is 5.75 Å². The van der Waals surface area contributed by atoms with Gasteiger partial charge >= 0.3 is 0 Å². The molecule has 1 fully saturated rings. The van der Waals surface area contributed by atoms with Gasteiger partial charge in [-0.15, -0.1) is 12.4 Å². The molecule has 2 rings (SSSR count). The Morgan fingerprint density at radius 3 is 2.75 bits per heavy atom. The predicted molar refractivity (Wildman–Crippen MR) is 97.1 cm³/mol. The highest BCUT2D eigenvalue weighted by molar-refractivity contribution is 5.94. The second-order valence-electron chi connectivity index (χ2n) is 6.02. The molecule has 1 aliphatic rings. The molecule has 1 aliphatic heterocycles. The first kappa shape index (κ1) is 20.5. The van der Waals surface area contributed by atoms with Crippen molar-refractivity contribution in [1.82, 2.24) is 10.2 Å². The largest absolute Gasteiger partial charge is 0.481 e. The smallest absolute Gasteiger partial charge is 0.263 e. The molecule has 134 valence electrons. The van der Waals surface area contributed by atoms with E-state index in [1.54, 1.807) is 31.2 Å². The van der Waals surface area contributed by atoms with Crippen LogP contribution in [0.4, 0.5) is 0 Å². The standard InChI is InChI=1S/C18H26N2O3.ClH/c1-4-10-20(16-8-9-19-12-16)18(22)14(3)23-17-7-5-6-15(11-17)13(2)21;/h5-7,11,14,16,19H,4,8-10,12H2,1-3H3;1H. The molecule has 24 heavy (non-hydrogen) atoms. The normalized spacial score (nSPS) is 17.7. The van der Waals surface area contributed by atoms with Crippen molar-refractivity contribution in [3.05, 3.63) is 29.8 Å². The molecule has 0 aromatic heterocycles. The Kier molecular flexibility index (Phi) is 8.22. The lowest BCUT2D eigenvalue weighted by Crippen LogP contribution is -2.47. The van der Waals surface area contributed by atoms with Crippen LogP contribution in [0.5, 0.6) is 5.75 Å². The summed E-state index contributed by atoms with van der Waals surface area (Å²) in [6.45, 7) is 7.90. The predicted octanol–water partition coefficient (Wildman–Crippen LogP) is 2.68. The Morgan fingerprint density at radius 2 is 2.17 bits per heavy atom. The van der Waals surface area contributed by atoms with Crippen LogP contribution in [0.1, 0.15) is 44.0 Å². The number of nitrogens with one attached hydrogen (secondary N) is 1. The fourth-order valence-electron chi connectivity index (χ4n) is 2.90. The van der Waals surface area contributed by atoms with Crippen molar-refractivity contribution < 1.29 is 14.3 Å². The van der Waals surface area contributed by atoms with Gasteiger partial charge in [-0.05, 0) is 45.4 Å². The highest BCUT2D eigenvalue weighted by atomic mass is 35.5. The molecule has 2 atom stereocenters. The molecule has 0 saturated carbocycles. The summed E-state index contributed by atoms with van der Waals surface area (Å²) in [6, 6.07) is 7.23. The Bertz CT molecular complexity index is 559. The third-order valence-electron chi connectivity index (χ3n) is 4.12. The molecule has 0 bridgehead atoms. The third-order valence-corrected chi connectivity index (χ3v) is 4.12. The summed E-state index contributed by atoms with van der Waals surface area (Å²) in [6.07, 6.45) is 1.34. The number of hydrogen-bond acceptors (Lipinski definition) is 4. The molecule has 1 aromatic carbocycles. The van der Waals surface area contributed by atoms with E-state index in [0.717, 1.165) is 32.5 Å². The van der Waals surface area contributed by atoms with Gasteiger partial charge in [-0.3, -0.25) is 9.59 Å². The summed E-state index contributed by atoms with van der Waals surface area (Å²) >= 11 is 0. The maximum Gasteiger partial charge on any atom is 0.263 e. The van der Waals surface area contributed by atoms with E-state index in [0.29, 0.717) is 11.3 Å². The van der Waals surface area contributed by atoms with Crippen molar-refractivity contribution in [2.24, 2.45) is 0 Å². The molecule has 5 nitrogen and oxygen atoms in total. The van der Waals surface area contributed by atoms with Crippen LogP contribution in [0.15, 0.2) is 24.3 Å². The average molecular weight is 355 g/mol. The van der Waals surface area contributed by atoms with E-state index in [4.69, 9.17) is 4.74 Å². The van der Waals surface area contributed by atoms with Crippen LogP contribution in [0.3, 0.4) is 0 Å². The van der Waals surface area contributed by atoms with Crippen molar-refractivity contribution in [3.63, 3.8) is 0 Å². The number of hydrogen-bond donors (Lipinski definition) is 1. The number of halogens is 1. The summed E-state index contributed by atoms with van der Waals surface area (Å²) in [5, 5.41) is 3.30. The minimum absolute atomic E-state index is 0. The number of nitrogens with zero attached hydrogens (tertiary/aromatic N) is 1. The number of amides is 1. The minimum Gasteiger partial charge on any atom is -0.481 e. The Hall–Kier alpha value is -1.59. The Morgan fingerprint density at radius 1 is 1.42 bits per heavy atom. The van der Waals surface area contributed by atoms with E-state index in [1.165, 1.54) is 6.92 Å². The zero-order valence-electron chi connectivity index (χ0n) is 14.6. The summed E-state index contributed by atoms with van der Waals surface area (Å²) in [4.78, 5) is 26.1. The van der Waals surface area contributed by atoms with Gasteiger partial charge in [0.25, 0.3) is 5.91 Å². The van der Waals surface area contributed by atoms with Crippen LogP contribution >= 0.6 is 12.4 Å². The van der Waals surface area contributed by atoms with E-state index < -0.39 is 6.10 Å². The Balaban J connectivity index is 0.00000288. The molecular weight excluding hydrogens is 328 g/mol. The number of carbonyl (C=O) groups is 2. The van der Waals surface area contributed by atoms with Crippen molar-refractivity contribution in [2.75, 3.05) is 19.6 Å². The molecule has 1 saturated heterocycles. The molecule has 1 N–H and O–H groups in total. The van der Waals surface area contributed by atoms with Crippen molar-refractivity contribution in [2.45, 2.75) is 45.8 Å². The number of Topliss-reactive ketones (excluding diaryl/α,β-unsaturated/α-hetero) is 1. The van der Waals surface area contributed by atoms with Crippen LogP contribution < -0.4 is 10.1 Å². The van der Waals surface area contributed by atoms with Gasteiger partial charge in [-0.1, -0.05) is 19.1 Å². The second kappa shape index (κ2) is 9.64. The fourth-order valence-corrected chi connectivity index (χ4v) is 2.90. The van der Waals surface area contributed by atoms with E-state index in [-0.39, 0.29) is 30.1 Å². The van der Waals surface area contributed by atoms with E-state index in [1.807, 2.05) is 4.90 Å². The zero-order chi connectivity index (χ0) is 16.8. The van der Waals surface area contributed by atoms with Gasteiger partial charge in [0.15, 0.2) is 11.9 Å². The van der Waals surface area contributed by atoms with Crippen molar-refractivity contribution >= 4 is 24.1 Å². The number of ether oxygens (including phenoxy) is 1. The molecule has 6 heteroatoms. The van der Waals surface area contributed by atoms with Gasteiger partial charge in [0.2, 0.25) is 0 Å². The van der Waals surface area contributed by atoms with Crippen LogP contribution in [0.25, 0.3) is 0 Å². The van der Waals surface area contributed by atoms with Gasteiger partial charge in [0, 0.05) is 24.7 Å². The monoisotopic (exact) mass is 354 g/mol. The lowest BCUT2D eigenvalue weighted by molar-refractivity contribution is -0.140. The maximum atomic E-state index is 12.7. The fraction of sp³-hybridized carbons (Fsp3) is 0.556. The second-order valence-corrected chi connectivity index (χ2v) is 6.02. The van der Waals surface area contributed by atoms with Crippen molar-refractivity contribution in [1.29, 1.82) is 0 Å². The first-order valence-electron chi connectivity index (χ1n) is 8.31. The SMILES string of the molecule is CCCN(C(=O)C(C)Oc1cccc(C(C)=O)c1)C1CCNC1.Cl. The van der Waals surface area contributed by atoms with Gasteiger partial charge in [-0.25, -0.2) is 0 Å². The highest BCUT2D eigenvalue weighted by Gasteiger charge is 2.29. The van der Waals surface area contributed by atoms with Crippen LogP contribution in [-0.2, 0) is 4.79 Å². The molecule has 0 radical (unpaired) electrons. The summed E-state index contributed by atoms with van der Waals surface area (Å²) in [5.41, 5.74) is 0.590. The lowest BCUT2D eigenvalue weighted by atomic mass is 10.1. The number of benzene rings is 1. The maximum absolute atomic E-state index is 12.7. The van der Waals surface area contributed by atoms with Crippen LogP contribution in [0, 0.1) is 0 Å². The Labute approximate surface area is 150 Å². The van der Waals surface area contributed by atoms with E-state index in [2.05, 4.69) is 12.2 Å². The average Bonchev–Trinajstić information content (AvgIpc) is 3.06. The summed E-state index contributed by atoms with van der Waals surface area (Å²) in [7, 11) is 0. The van der Waals surface area contributed by atoms with E-state index in [9.17, 15) is 9.59 Å². The molecule has 0 spiro atoms. The van der Waals surface area contributed by atoms with Gasteiger partial charge in [0.1, 0.15) is 5.75 Å². The number of ketones is 1. The molecule has 1 heterocycles. The van der Waals surface area contributed by atoms with E-state index >= 15 is 0 Å². The highest BCUT2D eigenvalue weighted by Crippen LogP contribution is 2.18. The molecule has 1 amide bonds. The van der Waals surface area contributed by atoms with Crippen LogP contribution in [0.2, 0.25) is 0 Å². The number of rotatable bonds is 7. The van der Waals surface area contributed by atoms with Gasteiger partial charge in [0.05, 0.1) is 0 Å². The lowest BCUT2D eigenvalue weighted by Gasteiger charge is -2.30. The molecule has 1 aromatic rings. The quantitative estimate of drug-likeness (QED) is 0.765. The first-order chi connectivity index (χ1) is 11.0. The topological polar surface area (TPSA) is 58.6 Å². The number of carbonyl (C=O) groups excluding carboxylic acids is 2. The first-order valence-corrected chi connectivity index (χ1v) is 8.31. The summed E-state index contributed by atoms with van der Waals surface area (Å²) in [5.74, 6) is 0.549. The van der Waals surface area contributed by atoms with Gasteiger partial charge < -0.3 is 15.0 Å². The molecule has 0 aliphatic carbocycles. The summed E-state index contributed by atoms with van der Waals surface area (Å²) < 4.78 is 5.79. The minimum atomic E-state index is -0.565. The van der Waals surface area contributed by atoms with Gasteiger partial charge in [-0.2, -0.15) is 0 Å². The van der Waals surface area contributed by atoms with Crippen LogP contribution in [-0.4, -0.2) is 48.4 Å². The molecule has 2 unspecified atom stereocenters.